The predicted molar refractivity (Wildman–Crippen MR) is 58.2 cm³/mol. The van der Waals surface area contributed by atoms with E-state index in [2.05, 4.69) is 5.32 Å². The molecular formula is C12H14F5N. The summed E-state index contributed by atoms with van der Waals surface area (Å²) < 4.78 is 61.8. The first-order valence-corrected chi connectivity index (χ1v) is 5.49. The first-order valence-electron chi connectivity index (χ1n) is 5.49. The van der Waals surface area contributed by atoms with Crippen LogP contribution in [0.15, 0.2) is 18.2 Å². The summed E-state index contributed by atoms with van der Waals surface area (Å²) in [5, 5.41) is 2.24. The van der Waals surface area contributed by atoms with Crippen LogP contribution in [0.3, 0.4) is 0 Å². The lowest BCUT2D eigenvalue weighted by molar-refractivity contribution is -0.125. The highest BCUT2D eigenvalue weighted by atomic mass is 19.4. The van der Waals surface area contributed by atoms with Crippen LogP contribution < -0.4 is 5.32 Å². The summed E-state index contributed by atoms with van der Waals surface area (Å²) in [6.45, 7) is 0.687. The van der Waals surface area contributed by atoms with Crippen LogP contribution in [0.25, 0.3) is 0 Å². The van der Waals surface area contributed by atoms with Crippen molar-refractivity contribution in [3.8, 4) is 0 Å². The summed E-state index contributed by atoms with van der Waals surface area (Å²) in [6.07, 6.45) is -4.07. The molecule has 0 heterocycles. The fraction of sp³-hybridized carbons (Fsp3) is 0.500. The van der Waals surface area contributed by atoms with Crippen LogP contribution in [0, 0.1) is 17.6 Å². The highest BCUT2D eigenvalue weighted by Gasteiger charge is 2.26. The maximum absolute atomic E-state index is 13.3. The zero-order valence-corrected chi connectivity index (χ0v) is 9.82. The molecule has 0 aliphatic heterocycles. The third-order valence-corrected chi connectivity index (χ3v) is 2.39. The molecule has 0 spiro atoms. The number of hydrogen-bond donors (Lipinski definition) is 1. The van der Waals surface area contributed by atoms with Crippen LogP contribution in [-0.2, 0) is 6.42 Å². The molecule has 0 fully saturated rings. The van der Waals surface area contributed by atoms with E-state index >= 15 is 0 Å². The normalized spacial score (nSPS) is 13.7. The quantitative estimate of drug-likeness (QED) is 0.807. The number of benzene rings is 1. The van der Waals surface area contributed by atoms with E-state index in [9.17, 15) is 22.0 Å². The van der Waals surface area contributed by atoms with Crippen LogP contribution in [0.5, 0.6) is 0 Å². The second-order valence-electron chi connectivity index (χ2n) is 4.29. The van der Waals surface area contributed by atoms with Gasteiger partial charge in [0, 0.05) is 0 Å². The summed E-state index contributed by atoms with van der Waals surface area (Å²) in [5.41, 5.74) is 0.177. The summed E-state index contributed by atoms with van der Waals surface area (Å²) >= 11 is 0. The van der Waals surface area contributed by atoms with Crippen molar-refractivity contribution in [1.82, 2.24) is 5.32 Å². The number of alkyl halides is 3. The molecular weight excluding hydrogens is 253 g/mol. The molecule has 1 rings (SSSR count). The van der Waals surface area contributed by atoms with Gasteiger partial charge in [0.15, 0.2) is 0 Å². The fourth-order valence-electron chi connectivity index (χ4n) is 1.61. The van der Waals surface area contributed by atoms with Gasteiger partial charge in [-0.2, -0.15) is 13.2 Å². The molecule has 0 saturated carbocycles. The number of hydrogen-bond acceptors (Lipinski definition) is 1. The molecule has 0 aromatic heterocycles. The Kier molecular flexibility index (Phi) is 5.07. The Bertz CT molecular complexity index is 389. The highest BCUT2D eigenvalue weighted by molar-refractivity contribution is 5.19. The van der Waals surface area contributed by atoms with E-state index in [-0.39, 0.29) is 24.4 Å². The Balaban J connectivity index is 2.44. The largest absolute Gasteiger partial charge is 0.401 e. The molecule has 102 valence electrons. The standard InChI is InChI=1S/C12H14F5N/c1-8(6-18-7-12(15,16)17)4-9-5-10(13)2-3-11(9)14/h2-3,5,8,18H,4,6-7H2,1H3. The molecule has 1 unspecified atom stereocenters. The van der Waals surface area contributed by atoms with E-state index in [1.54, 1.807) is 6.92 Å². The first kappa shape index (κ1) is 14.9. The van der Waals surface area contributed by atoms with E-state index in [4.69, 9.17) is 0 Å². The lowest BCUT2D eigenvalue weighted by Crippen LogP contribution is -2.32. The molecule has 6 heteroatoms. The van der Waals surface area contributed by atoms with Crippen molar-refractivity contribution in [2.75, 3.05) is 13.1 Å². The average Bonchev–Trinajstić information content (AvgIpc) is 2.21. The summed E-state index contributed by atoms with van der Waals surface area (Å²) in [6, 6.07) is 3.08. The van der Waals surface area contributed by atoms with Gasteiger partial charge in [0.2, 0.25) is 0 Å². The second kappa shape index (κ2) is 6.13. The third kappa shape index (κ3) is 5.44. The van der Waals surface area contributed by atoms with E-state index in [0.717, 1.165) is 18.2 Å². The van der Waals surface area contributed by atoms with Gasteiger partial charge in [-0.3, -0.25) is 0 Å². The van der Waals surface area contributed by atoms with Gasteiger partial charge in [0.1, 0.15) is 11.6 Å². The molecule has 0 amide bonds. The van der Waals surface area contributed by atoms with Crippen molar-refractivity contribution in [2.24, 2.45) is 5.92 Å². The van der Waals surface area contributed by atoms with Gasteiger partial charge < -0.3 is 5.32 Å². The maximum atomic E-state index is 13.3. The molecule has 1 N–H and O–H groups in total. The molecule has 18 heavy (non-hydrogen) atoms. The van der Waals surface area contributed by atoms with Crippen molar-refractivity contribution in [3.63, 3.8) is 0 Å². The monoisotopic (exact) mass is 267 g/mol. The second-order valence-corrected chi connectivity index (χ2v) is 4.29. The molecule has 1 aromatic rings. The van der Waals surface area contributed by atoms with Crippen LogP contribution in [-0.4, -0.2) is 19.3 Å². The minimum absolute atomic E-state index is 0.0927. The SMILES string of the molecule is CC(CNCC(F)(F)F)Cc1cc(F)ccc1F. The average molecular weight is 267 g/mol. The number of rotatable bonds is 5. The zero-order chi connectivity index (χ0) is 13.8. The van der Waals surface area contributed by atoms with Gasteiger partial charge in [-0.1, -0.05) is 6.92 Å². The van der Waals surface area contributed by atoms with Crippen molar-refractivity contribution >= 4 is 0 Å². The van der Waals surface area contributed by atoms with Crippen LogP contribution in [0.2, 0.25) is 0 Å². The number of halogens is 5. The minimum atomic E-state index is -4.26. The van der Waals surface area contributed by atoms with Gasteiger partial charge in [-0.05, 0) is 42.6 Å². The van der Waals surface area contributed by atoms with Crippen LogP contribution in [0.1, 0.15) is 12.5 Å². The molecule has 0 bridgehead atoms. The Morgan fingerprint density at radius 2 is 1.89 bits per heavy atom. The topological polar surface area (TPSA) is 12.0 Å². The minimum Gasteiger partial charge on any atom is -0.308 e. The van der Waals surface area contributed by atoms with E-state index in [0.29, 0.717) is 0 Å². The number of nitrogens with one attached hydrogen (secondary N) is 1. The van der Waals surface area contributed by atoms with Crippen molar-refractivity contribution < 1.29 is 22.0 Å². The Morgan fingerprint density at radius 3 is 2.50 bits per heavy atom. The summed E-state index contributed by atoms with van der Waals surface area (Å²) in [5.74, 6) is -1.32. The van der Waals surface area contributed by atoms with Crippen LogP contribution >= 0.6 is 0 Å². The molecule has 0 radical (unpaired) electrons. The molecule has 1 aromatic carbocycles. The smallest absolute Gasteiger partial charge is 0.308 e. The van der Waals surface area contributed by atoms with Gasteiger partial charge >= 0.3 is 6.18 Å². The zero-order valence-electron chi connectivity index (χ0n) is 9.82. The predicted octanol–water partition coefficient (Wildman–Crippen LogP) is 3.30. The van der Waals surface area contributed by atoms with Crippen molar-refractivity contribution in [2.45, 2.75) is 19.5 Å². The first-order chi connectivity index (χ1) is 8.28. The van der Waals surface area contributed by atoms with Crippen molar-refractivity contribution in [1.29, 1.82) is 0 Å². The van der Waals surface area contributed by atoms with Crippen molar-refractivity contribution in [3.05, 3.63) is 35.4 Å². The van der Waals surface area contributed by atoms with E-state index in [1.807, 2.05) is 0 Å². The van der Waals surface area contributed by atoms with Gasteiger partial charge in [0.05, 0.1) is 6.54 Å². The maximum Gasteiger partial charge on any atom is 0.401 e. The lowest BCUT2D eigenvalue weighted by Gasteiger charge is -2.14. The summed E-state index contributed by atoms with van der Waals surface area (Å²) in [7, 11) is 0. The molecule has 1 nitrogen and oxygen atoms in total. The third-order valence-electron chi connectivity index (χ3n) is 2.39. The fourth-order valence-corrected chi connectivity index (χ4v) is 1.61. The molecule has 1 atom stereocenters. The molecule has 0 saturated heterocycles. The van der Waals surface area contributed by atoms with Gasteiger partial charge in [-0.25, -0.2) is 8.78 Å². The van der Waals surface area contributed by atoms with Gasteiger partial charge in [-0.15, -0.1) is 0 Å². The van der Waals surface area contributed by atoms with Gasteiger partial charge in [0.25, 0.3) is 0 Å². The van der Waals surface area contributed by atoms with E-state index in [1.165, 1.54) is 0 Å². The molecule has 0 aliphatic rings. The lowest BCUT2D eigenvalue weighted by atomic mass is 10.0. The summed E-state index contributed by atoms with van der Waals surface area (Å²) in [4.78, 5) is 0. The Morgan fingerprint density at radius 1 is 1.22 bits per heavy atom. The Labute approximate surface area is 102 Å². The Hall–Kier alpha value is -1.17. The molecule has 0 aliphatic carbocycles. The highest BCUT2D eigenvalue weighted by Crippen LogP contribution is 2.15. The van der Waals surface area contributed by atoms with Crippen LogP contribution in [0.4, 0.5) is 22.0 Å². The van der Waals surface area contributed by atoms with E-state index < -0.39 is 24.4 Å².